The molecule has 2 aliphatic heterocycles. The predicted octanol–water partition coefficient (Wildman–Crippen LogP) is 3.50. The second-order valence-electron chi connectivity index (χ2n) is 9.98. The third-order valence-corrected chi connectivity index (χ3v) is 7.15. The van der Waals surface area contributed by atoms with Crippen LogP contribution in [0.5, 0.6) is 0 Å². The molecule has 1 saturated heterocycles. The summed E-state index contributed by atoms with van der Waals surface area (Å²) in [5.41, 5.74) is 12.3. The highest BCUT2D eigenvalue weighted by molar-refractivity contribution is 6.00. The van der Waals surface area contributed by atoms with Crippen LogP contribution in [0.1, 0.15) is 41.9 Å². The highest BCUT2D eigenvalue weighted by Crippen LogP contribution is 2.40. The predicted molar refractivity (Wildman–Crippen MR) is 138 cm³/mol. The molecule has 3 aromatic rings. The Morgan fingerprint density at radius 3 is 2.71 bits per heavy atom. The minimum atomic E-state index is -0.169. The maximum Gasteiger partial charge on any atom is 0.189 e. The van der Waals surface area contributed by atoms with Crippen molar-refractivity contribution in [2.24, 2.45) is 0 Å². The number of morpholine rings is 1. The van der Waals surface area contributed by atoms with Crippen molar-refractivity contribution < 1.29 is 9.53 Å². The number of aromatic nitrogens is 3. The van der Waals surface area contributed by atoms with Gasteiger partial charge in [0.15, 0.2) is 11.6 Å². The van der Waals surface area contributed by atoms with Crippen LogP contribution in [-0.2, 0) is 16.6 Å². The Bertz CT molecular complexity index is 1250. The molecule has 1 fully saturated rings. The monoisotopic (exact) mass is 472 g/mol. The molecule has 0 spiro atoms. The zero-order valence-corrected chi connectivity index (χ0v) is 20.6. The van der Waals surface area contributed by atoms with E-state index in [1.165, 1.54) is 11.3 Å². The van der Waals surface area contributed by atoms with Crippen molar-refractivity contribution in [3.63, 3.8) is 0 Å². The highest BCUT2D eigenvalue weighted by Gasteiger charge is 2.30. The summed E-state index contributed by atoms with van der Waals surface area (Å²) in [6.45, 7) is 8.48. The van der Waals surface area contributed by atoms with Crippen molar-refractivity contribution in [3.05, 3.63) is 59.7 Å². The number of nitrogen functional groups attached to an aromatic ring is 1. The fraction of sp³-hybridized carbons (Fsp3) is 0.407. The molecular weight excluding hydrogens is 440 g/mol. The molecule has 182 valence electrons. The van der Waals surface area contributed by atoms with Gasteiger partial charge in [0.05, 0.1) is 25.1 Å². The number of benzene rings is 1. The first-order chi connectivity index (χ1) is 16.8. The summed E-state index contributed by atoms with van der Waals surface area (Å²) in [4.78, 5) is 31.2. The van der Waals surface area contributed by atoms with Crippen molar-refractivity contribution in [1.82, 2.24) is 15.0 Å². The Morgan fingerprint density at radius 2 is 1.91 bits per heavy atom. The van der Waals surface area contributed by atoms with Crippen LogP contribution in [0.25, 0.3) is 11.3 Å². The number of rotatable bonds is 5. The summed E-state index contributed by atoms with van der Waals surface area (Å²) >= 11 is 0. The molecule has 0 atom stereocenters. The van der Waals surface area contributed by atoms with E-state index in [4.69, 9.17) is 15.5 Å². The number of hydrogen-bond donors (Lipinski definition) is 1. The number of fused-ring (bicyclic) bond motifs is 1. The van der Waals surface area contributed by atoms with Gasteiger partial charge in [0.25, 0.3) is 0 Å². The van der Waals surface area contributed by atoms with E-state index in [0.717, 1.165) is 42.9 Å². The van der Waals surface area contributed by atoms with Crippen molar-refractivity contribution in [3.8, 4) is 11.3 Å². The Labute approximate surface area is 206 Å². The van der Waals surface area contributed by atoms with Crippen molar-refractivity contribution in [2.45, 2.75) is 32.1 Å². The zero-order valence-electron chi connectivity index (χ0n) is 20.6. The molecule has 4 heterocycles. The first kappa shape index (κ1) is 23.2. The number of Topliss-reactive ketones (excluding diaryl/α,β-unsaturated/α-hetero) is 1. The number of nitrogens with zero attached hydrogens (tertiary/aromatic N) is 5. The second kappa shape index (κ2) is 9.26. The first-order valence-corrected chi connectivity index (χ1v) is 12.1. The van der Waals surface area contributed by atoms with E-state index >= 15 is 0 Å². The molecule has 0 saturated carbocycles. The third kappa shape index (κ3) is 4.58. The van der Waals surface area contributed by atoms with Crippen LogP contribution in [-0.4, -0.2) is 60.6 Å². The quantitative estimate of drug-likeness (QED) is 0.564. The first-order valence-electron chi connectivity index (χ1n) is 12.1. The number of ketones is 1. The zero-order chi connectivity index (χ0) is 24.6. The average Bonchev–Trinajstić information content (AvgIpc) is 2.87. The van der Waals surface area contributed by atoms with E-state index in [2.05, 4.69) is 52.8 Å². The van der Waals surface area contributed by atoms with Gasteiger partial charge in [0.2, 0.25) is 0 Å². The number of carbonyl (C=O) groups excluding carboxylic acids is 1. The van der Waals surface area contributed by atoms with Gasteiger partial charge in [-0.3, -0.25) is 9.78 Å². The van der Waals surface area contributed by atoms with Crippen LogP contribution >= 0.6 is 0 Å². The summed E-state index contributed by atoms with van der Waals surface area (Å²) in [5.74, 6) is -0.0223. The molecule has 0 bridgehead atoms. The molecule has 0 aliphatic carbocycles. The lowest BCUT2D eigenvalue weighted by molar-refractivity contribution is 0.0988. The van der Waals surface area contributed by atoms with Crippen LogP contribution in [0, 0.1) is 0 Å². The number of nitrogens with two attached hydrogens (primary N) is 1. The van der Waals surface area contributed by atoms with Gasteiger partial charge in [0.1, 0.15) is 5.69 Å². The summed E-state index contributed by atoms with van der Waals surface area (Å²) < 4.78 is 5.47. The van der Waals surface area contributed by atoms with Crippen molar-refractivity contribution in [1.29, 1.82) is 0 Å². The maximum atomic E-state index is 13.4. The number of hydrogen-bond acceptors (Lipinski definition) is 8. The van der Waals surface area contributed by atoms with Crippen LogP contribution in [0.4, 0.5) is 17.2 Å². The summed E-state index contributed by atoms with van der Waals surface area (Å²) in [7, 11) is 2.12. The molecule has 1 aromatic carbocycles. The van der Waals surface area contributed by atoms with Gasteiger partial charge in [-0.25, -0.2) is 9.97 Å². The molecule has 8 heteroatoms. The van der Waals surface area contributed by atoms with E-state index in [-0.39, 0.29) is 29.1 Å². The molecule has 5 rings (SSSR count). The largest absolute Gasteiger partial charge is 0.382 e. The number of carbonyl (C=O) groups is 1. The smallest absolute Gasteiger partial charge is 0.189 e. The number of ether oxygens (including phenoxy) is 1. The minimum Gasteiger partial charge on any atom is -0.382 e. The minimum absolute atomic E-state index is 0.0634. The molecule has 0 amide bonds. The van der Waals surface area contributed by atoms with Crippen LogP contribution in [0.15, 0.2) is 42.9 Å². The Balaban J connectivity index is 1.45. The van der Waals surface area contributed by atoms with E-state index in [1.54, 1.807) is 18.6 Å². The third-order valence-electron chi connectivity index (χ3n) is 7.15. The van der Waals surface area contributed by atoms with Crippen LogP contribution in [0.2, 0.25) is 0 Å². The summed E-state index contributed by atoms with van der Waals surface area (Å²) in [5, 5.41) is 0. The lowest BCUT2D eigenvalue weighted by Crippen LogP contribution is -2.37. The number of anilines is 3. The SMILES string of the molecule is CN1CCC(C)(C)c2cc(-c3cnc(N)c(C(=O)Cc4cnccc4N4CCOCC4)n3)ccc21. The molecular formula is C27H32N6O2. The molecule has 2 aliphatic rings. The fourth-order valence-electron chi connectivity index (χ4n) is 4.94. The topological polar surface area (TPSA) is 97.5 Å². The van der Waals surface area contributed by atoms with E-state index in [9.17, 15) is 4.79 Å². The van der Waals surface area contributed by atoms with Gasteiger partial charge in [0, 0.05) is 68.0 Å². The molecule has 2 N–H and O–H groups in total. The summed E-state index contributed by atoms with van der Waals surface area (Å²) in [6, 6.07) is 8.31. The fourth-order valence-corrected chi connectivity index (χ4v) is 4.94. The van der Waals surface area contributed by atoms with Gasteiger partial charge < -0.3 is 20.3 Å². The molecule has 0 unspecified atom stereocenters. The Hall–Kier alpha value is -3.52. The van der Waals surface area contributed by atoms with Gasteiger partial charge in [-0.05, 0) is 35.6 Å². The van der Waals surface area contributed by atoms with Crippen LogP contribution in [0.3, 0.4) is 0 Å². The second-order valence-corrected chi connectivity index (χ2v) is 9.98. The normalized spacial score (nSPS) is 17.2. The van der Waals surface area contributed by atoms with E-state index in [1.807, 2.05) is 12.1 Å². The Kier molecular flexibility index (Phi) is 6.15. The van der Waals surface area contributed by atoms with Gasteiger partial charge >= 0.3 is 0 Å². The van der Waals surface area contributed by atoms with Crippen molar-refractivity contribution >= 4 is 23.0 Å². The molecule has 8 nitrogen and oxygen atoms in total. The van der Waals surface area contributed by atoms with Gasteiger partial charge in [-0.15, -0.1) is 0 Å². The lowest BCUT2D eigenvalue weighted by Gasteiger charge is -2.38. The Morgan fingerprint density at radius 1 is 1.11 bits per heavy atom. The lowest BCUT2D eigenvalue weighted by atomic mass is 9.77. The average molecular weight is 473 g/mol. The summed E-state index contributed by atoms with van der Waals surface area (Å²) in [6.07, 6.45) is 6.38. The van der Waals surface area contributed by atoms with E-state index < -0.39 is 0 Å². The van der Waals surface area contributed by atoms with E-state index in [0.29, 0.717) is 18.9 Å². The highest BCUT2D eigenvalue weighted by atomic mass is 16.5. The maximum absolute atomic E-state index is 13.4. The number of pyridine rings is 1. The standard InChI is InChI=1S/C27H32N6O2/c1-27(2)7-9-32(3)23-5-4-18(14-20(23)27)21-17-30-26(28)25(31-21)24(34)15-19-16-29-8-6-22(19)33-10-12-35-13-11-33/h4-6,8,14,16-17H,7,9-13,15H2,1-3H3,(H2,28,30). The van der Waals surface area contributed by atoms with Crippen molar-refractivity contribution in [2.75, 3.05) is 55.4 Å². The molecule has 0 radical (unpaired) electrons. The van der Waals surface area contributed by atoms with Gasteiger partial charge in [-0.2, -0.15) is 0 Å². The van der Waals surface area contributed by atoms with Crippen LogP contribution < -0.4 is 15.5 Å². The molecule has 35 heavy (non-hydrogen) atoms. The van der Waals surface area contributed by atoms with Gasteiger partial charge in [-0.1, -0.05) is 19.9 Å². The molecule has 2 aromatic heterocycles.